The molecule has 2 aromatic heterocycles. The van der Waals surface area contributed by atoms with Crippen molar-refractivity contribution in [3.05, 3.63) is 58.7 Å². The molecule has 28 heavy (non-hydrogen) atoms. The zero-order valence-corrected chi connectivity index (χ0v) is 17.1. The second kappa shape index (κ2) is 8.10. The summed E-state index contributed by atoms with van der Waals surface area (Å²) >= 11 is 1.45. The van der Waals surface area contributed by atoms with Crippen LogP contribution >= 0.6 is 11.3 Å². The third kappa shape index (κ3) is 3.92. The number of aryl methyl sites for hydroxylation is 2. The molecule has 0 radical (unpaired) electrons. The van der Waals surface area contributed by atoms with Gasteiger partial charge in [-0.2, -0.15) is 0 Å². The SMILES string of the molecule is Cc1cc(N2CCCCC2)cc(C)c1-c1csc(NC(=O)c2ccncc2)n1. The summed E-state index contributed by atoms with van der Waals surface area (Å²) in [4.78, 5) is 23.4. The van der Waals surface area contributed by atoms with Crippen molar-refractivity contribution in [2.24, 2.45) is 0 Å². The molecule has 0 atom stereocenters. The smallest absolute Gasteiger partial charge is 0.257 e. The molecule has 3 aromatic rings. The Morgan fingerprint density at radius 2 is 1.75 bits per heavy atom. The van der Waals surface area contributed by atoms with Gasteiger partial charge in [0.05, 0.1) is 5.69 Å². The number of rotatable bonds is 4. The number of hydrogen-bond acceptors (Lipinski definition) is 5. The third-order valence-corrected chi connectivity index (χ3v) is 5.92. The summed E-state index contributed by atoms with van der Waals surface area (Å²) in [5.41, 5.74) is 6.39. The number of carbonyl (C=O) groups is 1. The van der Waals surface area contributed by atoms with Crippen LogP contribution in [-0.4, -0.2) is 29.0 Å². The Kier molecular flexibility index (Phi) is 5.39. The monoisotopic (exact) mass is 392 g/mol. The largest absolute Gasteiger partial charge is 0.372 e. The van der Waals surface area contributed by atoms with Crippen LogP contribution < -0.4 is 10.2 Å². The summed E-state index contributed by atoms with van der Waals surface area (Å²) in [6.07, 6.45) is 7.09. The van der Waals surface area contributed by atoms with Crippen LogP contribution in [0, 0.1) is 13.8 Å². The second-order valence-corrected chi connectivity index (χ2v) is 8.09. The minimum absolute atomic E-state index is 0.169. The zero-order valence-electron chi connectivity index (χ0n) is 16.2. The van der Waals surface area contributed by atoms with E-state index in [1.165, 1.54) is 47.4 Å². The van der Waals surface area contributed by atoms with Gasteiger partial charge in [0.25, 0.3) is 5.91 Å². The molecule has 0 unspecified atom stereocenters. The van der Waals surface area contributed by atoms with Crippen LogP contribution in [0.1, 0.15) is 40.7 Å². The highest BCUT2D eigenvalue weighted by molar-refractivity contribution is 7.14. The van der Waals surface area contributed by atoms with Crippen molar-refractivity contribution in [2.75, 3.05) is 23.3 Å². The predicted molar refractivity (Wildman–Crippen MR) is 115 cm³/mol. The van der Waals surface area contributed by atoms with Gasteiger partial charge in [0.1, 0.15) is 0 Å². The average Bonchev–Trinajstić information content (AvgIpc) is 3.16. The first-order valence-corrected chi connectivity index (χ1v) is 10.5. The molecule has 1 N–H and O–H groups in total. The number of aromatic nitrogens is 2. The van der Waals surface area contributed by atoms with E-state index < -0.39 is 0 Å². The summed E-state index contributed by atoms with van der Waals surface area (Å²) in [6.45, 7) is 6.56. The van der Waals surface area contributed by atoms with Crippen LogP contribution in [0.5, 0.6) is 0 Å². The lowest BCUT2D eigenvalue weighted by Gasteiger charge is -2.30. The van der Waals surface area contributed by atoms with Crippen LogP contribution in [0.25, 0.3) is 11.3 Å². The summed E-state index contributed by atoms with van der Waals surface area (Å²) < 4.78 is 0. The molecular weight excluding hydrogens is 368 g/mol. The van der Waals surface area contributed by atoms with Crippen molar-refractivity contribution in [1.82, 2.24) is 9.97 Å². The fraction of sp³-hybridized carbons (Fsp3) is 0.318. The van der Waals surface area contributed by atoms with Gasteiger partial charge in [0.15, 0.2) is 5.13 Å². The molecule has 0 aliphatic carbocycles. The van der Waals surface area contributed by atoms with E-state index in [1.54, 1.807) is 24.5 Å². The minimum atomic E-state index is -0.169. The van der Waals surface area contributed by atoms with Crippen LogP contribution in [0.3, 0.4) is 0 Å². The third-order valence-electron chi connectivity index (χ3n) is 5.16. The van der Waals surface area contributed by atoms with Crippen LogP contribution in [-0.2, 0) is 0 Å². The van der Waals surface area contributed by atoms with Gasteiger partial charge in [-0.15, -0.1) is 11.3 Å². The number of hydrogen-bond donors (Lipinski definition) is 1. The molecule has 1 aromatic carbocycles. The van der Waals surface area contributed by atoms with Crippen molar-refractivity contribution in [3.63, 3.8) is 0 Å². The Balaban J connectivity index is 1.55. The molecular formula is C22H24N4OS. The normalized spacial score (nSPS) is 14.1. The summed E-state index contributed by atoms with van der Waals surface area (Å²) in [5.74, 6) is -0.169. The summed E-state index contributed by atoms with van der Waals surface area (Å²) in [7, 11) is 0. The van der Waals surface area contributed by atoms with Gasteiger partial charge in [0, 0.05) is 47.7 Å². The molecule has 1 fully saturated rings. The van der Waals surface area contributed by atoms with E-state index in [4.69, 9.17) is 0 Å². The van der Waals surface area contributed by atoms with Crippen molar-refractivity contribution >= 4 is 28.1 Å². The molecule has 6 heteroatoms. The maximum Gasteiger partial charge on any atom is 0.257 e. The number of pyridine rings is 1. The first-order valence-electron chi connectivity index (χ1n) is 9.65. The van der Waals surface area contributed by atoms with E-state index >= 15 is 0 Å². The molecule has 1 amide bonds. The predicted octanol–water partition coefficient (Wildman–Crippen LogP) is 5.06. The van der Waals surface area contributed by atoms with Gasteiger partial charge < -0.3 is 4.90 Å². The fourth-order valence-corrected chi connectivity index (χ4v) is 4.49. The molecule has 144 valence electrons. The first-order chi connectivity index (χ1) is 13.6. The number of amides is 1. The molecule has 4 rings (SSSR count). The van der Waals surface area contributed by atoms with Gasteiger partial charge in [-0.25, -0.2) is 4.98 Å². The number of piperidine rings is 1. The van der Waals surface area contributed by atoms with Crippen molar-refractivity contribution in [3.8, 4) is 11.3 Å². The number of anilines is 2. The van der Waals surface area contributed by atoms with E-state index in [1.807, 2.05) is 5.38 Å². The Bertz CT molecular complexity index is 954. The number of nitrogens with zero attached hydrogens (tertiary/aromatic N) is 3. The maximum atomic E-state index is 12.3. The lowest BCUT2D eigenvalue weighted by molar-refractivity contribution is 0.102. The standard InChI is InChI=1S/C22H24N4OS/c1-15-12-18(26-10-4-3-5-11-26)13-16(2)20(15)19-14-28-22(24-19)25-21(27)17-6-8-23-9-7-17/h6-9,12-14H,3-5,10-11H2,1-2H3,(H,24,25,27). The van der Waals surface area contributed by atoms with E-state index in [0.29, 0.717) is 10.7 Å². The van der Waals surface area contributed by atoms with Crippen LogP contribution in [0.2, 0.25) is 0 Å². The summed E-state index contributed by atoms with van der Waals surface area (Å²) in [6, 6.07) is 7.92. The van der Waals surface area contributed by atoms with Crippen molar-refractivity contribution < 1.29 is 4.79 Å². The molecule has 0 spiro atoms. The second-order valence-electron chi connectivity index (χ2n) is 7.23. The van der Waals surface area contributed by atoms with Gasteiger partial charge >= 0.3 is 0 Å². The van der Waals surface area contributed by atoms with Crippen molar-refractivity contribution in [2.45, 2.75) is 33.1 Å². The molecule has 5 nitrogen and oxygen atoms in total. The minimum Gasteiger partial charge on any atom is -0.372 e. The van der Waals surface area contributed by atoms with E-state index in [9.17, 15) is 4.79 Å². The fourth-order valence-electron chi connectivity index (χ4n) is 3.80. The Hall–Kier alpha value is -2.73. The molecule has 0 bridgehead atoms. The lowest BCUT2D eigenvalue weighted by Crippen LogP contribution is -2.29. The molecule has 1 aliphatic rings. The highest BCUT2D eigenvalue weighted by atomic mass is 32.1. The number of carbonyl (C=O) groups excluding carboxylic acids is 1. The Labute approximate surface area is 169 Å². The number of nitrogens with one attached hydrogen (secondary N) is 1. The van der Waals surface area contributed by atoms with Crippen molar-refractivity contribution in [1.29, 1.82) is 0 Å². The molecule has 3 heterocycles. The number of thiazole rings is 1. The zero-order chi connectivity index (χ0) is 19.5. The topological polar surface area (TPSA) is 58.1 Å². The first kappa shape index (κ1) is 18.6. The highest BCUT2D eigenvalue weighted by Gasteiger charge is 2.16. The molecule has 1 saturated heterocycles. The Morgan fingerprint density at radius 1 is 1.07 bits per heavy atom. The van der Waals surface area contributed by atoms with E-state index in [-0.39, 0.29) is 5.91 Å². The van der Waals surface area contributed by atoms with Crippen LogP contribution in [0.15, 0.2) is 42.0 Å². The van der Waals surface area contributed by atoms with Crippen LogP contribution in [0.4, 0.5) is 10.8 Å². The highest BCUT2D eigenvalue weighted by Crippen LogP contribution is 2.34. The maximum absolute atomic E-state index is 12.3. The lowest BCUT2D eigenvalue weighted by atomic mass is 9.98. The van der Waals surface area contributed by atoms with Gasteiger partial charge in [0.2, 0.25) is 0 Å². The van der Waals surface area contributed by atoms with Gasteiger partial charge in [-0.05, 0) is 68.5 Å². The molecule has 0 saturated carbocycles. The van der Waals surface area contributed by atoms with Gasteiger partial charge in [-0.1, -0.05) is 0 Å². The van der Waals surface area contributed by atoms with E-state index in [2.05, 4.69) is 46.2 Å². The average molecular weight is 393 g/mol. The summed E-state index contributed by atoms with van der Waals surface area (Å²) in [5, 5.41) is 5.50. The Morgan fingerprint density at radius 3 is 2.43 bits per heavy atom. The van der Waals surface area contributed by atoms with E-state index in [0.717, 1.165) is 24.3 Å². The molecule has 1 aliphatic heterocycles. The quantitative estimate of drug-likeness (QED) is 0.674. The number of benzene rings is 1. The van der Waals surface area contributed by atoms with Gasteiger partial charge in [-0.3, -0.25) is 15.1 Å².